The molecule has 3 rings (SSSR count). The van der Waals surface area contributed by atoms with Gasteiger partial charge in [-0.2, -0.15) is 0 Å². The van der Waals surface area contributed by atoms with Crippen molar-refractivity contribution in [3.63, 3.8) is 0 Å². The number of hydrogen-bond donors (Lipinski definition) is 2. The van der Waals surface area contributed by atoms with Crippen molar-refractivity contribution in [2.24, 2.45) is 0 Å². The van der Waals surface area contributed by atoms with Crippen LogP contribution in [0.5, 0.6) is 11.5 Å². The predicted octanol–water partition coefficient (Wildman–Crippen LogP) is 4.28. The van der Waals surface area contributed by atoms with Gasteiger partial charge in [0, 0.05) is 17.8 Å². The number of aliphatic hydroxyl groups excluding tert-OH is 2. The molecule has 2 N–H and O–H groups in total. The second-order valence-corrected chi connectivity index (χ2v) is 8.85. The summed E-state index contributed by atoms with van der Waals surface area (Å²) in [6, 6.07) is 13.5. The fourth-order valence-corrected chi connectivity index (χ4v) is 3.58. The van der Waals surface area contributed by atoms with E-state index in [9.17, 15) is 10.2 Å². The molecule has 0 amide bonds. The average molecular weight is 479 g/mol. The van der Waals surface area contributed by atoms with Crippen LogP contribution in [0.1, 0.15) is 25.0 Å². The van der Waals surface area contributed by atoms with Crippen LogP contribution in [0, 0.1) is 0 Å². The van der Waals surface area contributed by atoms with Crippen LogP contribution < -0.4 is 9.47 Å². The SMILES string of the molecule is CC(C)(c1ccc(OC[C@H](O)Cn2ccnc2)cc1)c1ccc(OC[C@H](O)CCl)c(Cl)c1. The first-order valence-corrected chi connectivity index (χ1v) is 11.2. The molecule has 172 valence electrons. The first-order chi connectivity index (χ1) is 15.3. The van der Waals surface area contributed by atoms with Crippen molar-refractivity contribution in [1.82, 2.24) is 9.55 Å². The van der Waals surface area contributed by atoms with Crippen LogP contribution in [-0.4, -0.2) is 51.1 Å². The average Bonchev–Trinajstić information content (AvgIpc) is 3.29. The summed E-state index contributed by atoms with van der Waals surface area (Å²) in [6.45, 7) is 4.93. The zero-order valence-corrected chi connectivity index (χ0v) is 19.6. The van der Waals surface area contributed by atoms with Gasteiger partial charge < -0.3 is 24.3 Å². The van der Waals surface area contributed by atoms with E-state index >= 15 is 0 Å². The lowest BCUT2D eigenvalue weighted by molar-refractivity contribution is 0.0924. The van der Waals surface area contributed by atoms with E-state index in [0.717, 1.165) is 11.1 Å². The van der Waals surface area contributed by atoms with Crippen LogP contribution >= 0.6 is 23.2 Å². The van der Waals surface area contributed by atoms with Crippen molar-refractivity contribution < 1.29 is 19.7 Å². The molecule has 32 heavy (non-hydrogen) atoms. The largest absolute Gasteiger partial charge is 0.491 e. The lowest BCUT2D eigenvalue weighted by atomic mass is 9.78. The van der Waals surface area contributed by atoms with E-state index in [2.05, 4.69) is 18.8 Å². The Morgan fingerprint density at radius 3 is 2.31 bits per heavy atom. The molecule has 0 spiro atoms. The molecule has 0 aliphatic carbocycles. The van der Waals surface area contributed by atoms with Crippen molar-refractivity contribution in [2.75, 3.05) is 19.1 Å². The third-order valence-electron chi connectivity index (χ3n) is 5.26. The maximum absolute atomic E-state index is 10.1. The summed E-state index contributed by atoms with van der Waals surface area (Å²) in [7, 11) is 0. The van der Waals surface area contributed by atoms with Crippen molar-refractivity contribution in [3.05, 3.63) is 77.3 Å². The highest BCUT2D eigenvalue weighted by Crippen LogP contribution is 2.36. The molecule has 0 saturated heterocycles. The summed E-state index contributed by atoms with van der Waals surface area (Å²) in [5.74, 6) is 1.30. The monoisotopic (exact) mass is 478 g/mol. The molecule has 3 aromatic rings. The third-order valence-corrected chi connectivity index (χ3v) is 5.91. The van der Waals surface area contributed by atoms with Crippen LogP contribution in [0.2, 0.25) is 5.02 Å². The topological polar surface area (TPSA) is 76.7 Å². The van der Waals surface area contributed by atoms with E-state index in [-0.39, 0.29) is 24.5 Å². The Bertz CT molecular complexity index is 978. The fraction of sp³-hybridized carbons (Fsp3) is 0.375. The lowest BCUT2D eigenvalue weighted by Gasteiger charge is -2.27. The molecule has 0 radical (unpaired) electrons. The van der Waals surface area contributed by atoms with Gasteiger partial charge in [-0.05, 0) is 35.4 Å². The number of imidazole rings is 1. The maximum atomic E-state index is 10.1. The highest BCUT2D eigenvalue weighted by atomic mass is 35.5. The van der Waals surface area contributed by atoms with Gasteiger partial charge in [0.1, 0.15) is 36.9 Å². The van der Waals surface area contributed by atoms with Gasteiger partial charge in [0.05, 0.1) is 23.8 Å². The van der Waals surface area contributed by atoms with Gasteiger partial charge in [0.25, 0.3) is 0 Å². The molecule has 2 aromatic carbocycles. The second-order valence-electron chi connectivity index (χ2n) is 8.14. The number of nitrogens with zero attached hydrogens (tertiary/aromatic N) is 2. The number of rotatable bonds is 11. The first-order valence-electron chi connectivity index (χ1n) is 10.3. The quantitative estimate of drug-likeness (QED) is 0.402. The van der Waals surface area contributed by atoms with Crippen LogP contribution in [0.3, 0.4) is 0 Å². The Kier molecular flexibility index (Phi) is 8.43. The van der Waals surface area contributed by atoms with Crippen molar-refractivity contribution >= 4 is 23.2 Å². The lowest BCUT2D eigenvalue weighted by Crippen LogP contribution is -2.23. The Labute approximate surface area is 198 Å². The van der Waals surface area contributed by atoms with E-state index in [1.165, 1.54) is 0 Å². The highest BCUT2D eigenvalue weighted by Gasteiger charge is 2.24. The van der Waals surface area contributed by atoms with Crippen LogP contribution in [0.4, 0.5) is 0 Å². The fourth-order valence-electron chi connectivity index (χ4n) is 3.25. The molecule has 6 nitrogen and oxygen atoms in total. The highest BCUT2D eigenvalue weighted by molar-refractivity contribution is 6.32. The van der Waals surface area contributed by atoms with Gasteiger partial charge in [0.2, 0.25) is 0 Å². The summed E-state index contributed by atoms with van der Waals surface area (Å²) in [5, 5.41) is 20.2. The van der Waals surface area contributed by atoms with Gasteiger partial charge in [-0.25, -0.2) is 4.98 Å². The third kappa shape index (κ3) is 6.39. The van der Waals surface area contributed by atoms with Gasteiger partial charge in [0.15, 0.2) is 0 Å². The predicted molar refractivity (Wildman–Crippen MR) is 126 cm³/mol. The van der Waals surface area contributed by atoms with E-state index in [0.29, 0.717) is 23.1 Å². The molecule has 0 bridgehead atoms. The zero-order chi connectivity index (χ0) is 23.1. The van der Waals surface area contributed by atoms with Gasteiger partial charge in [-0.1, -0.05) is 43.6 Å². The van der Waals surface area contributed by atoms with Crippen LogP contribution in [-0.2, 0) is 12.0 Å². The Morgan fingerprint density at radius 1 is 1.00 bits per heavy atom. The van der Waals surface area contributed by atoms with Crippen LogP contribution in [0.15, 0.2) is 61.2 Å². The maximum Gasteiger partial charge on any atom is 0.138 e. The van der Waals surface area contributed by atoms with Gasteiger partial charge >= 0.3 is 0 Å². The van der Waals surface area contributed by atoms with E-state index in [4.69, 9.17) is 32.7 Å². The molecule has 1 heterocycles. The minimum atomic E-state index is -0.739. The molecule has 2 atom stereocenters. The Hall–Kier alpha value is -2.25. The second kappa shape index (κ2) is 11.1. The number of benzene rings is 2. The first kappa shape index (κ1) is 24.4. The smallest absolute Gasteiger partial charge is 0.138 e. The molecule has 8 heteroatoms. The summed E-state index contributed by atoms with van der Waals surface area (Å²) >= 11 is 12.0. The number of aliphatic hydroxyl groups is 2. The molecule has 1 aromatic heterocycles. The normalized spacial score (nSPS) is 13.6. The number of hydrogen-bond acceptors (Lipinski definition) is 5. The van der Waals surface area contributed by atoms with Crippen molar-refractivity contribution in [1.29, 1.82) is 0 Å². The molecular weight excluding hydrogens is 451 g/mol. The standard InChI is InChI=1S/C24H28Cl2N2O4/c1-24(2,18-5-8-23(22(26)11-18)32-14-19(29)12-25)17-3-6-21(7-4-17)31-15-20(30)13-28-10-9-27-16-28/h3-11,16,19-20,29-30H,12-15H2,1-2H3/t19-,20-/m1/s1. The summed E-state index contributed by atoms with van der Waals surface area (Å²) in [4.78, 5) is 3.96. The van der Waals surface area contributed by atoms with Crippen molar-refractivity contribution in [2.45, 2.75) is 38.0 Å². The van der Waals surface area contributed by atoms with Gasteiger partial charge in [-0.15, -0.1) is 11.6 Å². The Balaban J connectivity index is 1.62. The summed E-state index contributed by atoms with van der Waals surface area (Å²) in [5.41, 5.74) is 1.81. The number of ether oxygens (including phenoxy) is 2. The molecule has 0 unspecified atom stereocenters. The summed E-state index contributed by atoms with van der Waals surface area (Å²) in [6.07, 6.45) is 3.77. The molecule has 0 saturated carbocycles. The molecular formula is C24H28Cl2N2O4. The van der Waals surface area contributed by atoms with E-state index in [1.54, 1.807) is 29.4 Å². The number of aromatic nitrogens is 2. The van der Waals surface area contributed by atoms with Crippen LogP contribution in [0.25, 0.3) is 0 Å². The van der Waals surface area contributed by atoms with E-state index < -0.39 is 12.2 Å². The Morgan fingerprint density at radius 2 is 1.69 bits per heavy atom. The number of halogens is 2. The minimum absolute atomic E-state index is 0.0877. The summed E-state index contributed by atoms with van der Waals surface area (Å²) < 4.78 is 13.1. The van der Waals surface area contributed by atoms with Crippen molar-refractivity contribution in [3.8, 4) is 11.5 Å². The van der Waals surface area contributed by atoms with E-state index in [1.807, 2.05) is 36.4 Å². The molecule has 0 aliphatic rings. The molecule has 0 aliphatic heterocycles. The zero-order valence-electron chi connectivity index (χ0n) is 18.1. The number of alkyl halides is 1. The van der Waals surface area contributed by atoms with Gasteiger partial charge in [-0.3, -0.25) is 0 Å². The minimum Gasteiger partial charge on any atom is -0.491 e. The molecule has 0 fully saturated rings.